The lowest BCUT2D eigenvalue weighted by Gasteiger charge is -2.21. The van der Waals surface area contributed by atoms with Crippen molar-refractivity contribution in [2.75, 3.05) is 40.6 Å². The van der Waals surface area contributed by atoms with Gasteiger partial charge in [0.25, 0.3) is 0 Å². The number of hydrogen-bond acceptors (Lipinski definition) is 13. The molecule has 268 valence electrons. The van der Waals surface area contributed by atoms with E-state index in [0.717, 1.165) is 0 Å². The number of primary sulfonamides is 1. The third-order valence-corrected chi connectivity index (χ3v) is 11.8. The standard InChI is InChI=1S/C10H19NO5S.C8H15NO4S.C5H11NO3S.C2H5ClO/c1-9(2,3)16-8(12)11-17(13,14)10(5-6-10)7-15-4;1-8(2,3)13-7(10)9-14(11,12)6-4-5-6;1-9-4-5(2-3-5)10(6,7)8;1-4-2-3/h5-7H2,1-4H3,(H,11,12);6H,4-5H2,1-3H3,(H,9,10);2-4H2,1H3,(H2,6,7,8);2H2,1H3. The molecule has 3 rings (SSSR count). The van der Waals surface area contributed by atoms with Gasteiger partial charge in [-0.3, -0.25) is 0 Å². The number of rotatable bonds is 10. The summed E-state index contributed by atoms with van der Waals surface area (Å²) in [5.74, 6) is 0. The minimum atomic E-state index is -3.73. The van der Waals surface area contributed by atoms with Crippen LogP contribution in [0.15, 0.2) is 0 Å². The molecule has 0 atom stereocenters. The number of amides is 2. The summed E-state index contributed by atoms with van der Waals surface area (Å²) >= 11 is 4.96. The highest BCUT2D eigenvalue weighted by atomic mass is 35.5. The van der Waals surface area contributed by atoms with Gasteiger partial charge in [-0.05, 0) is 80.1 Å². The molecule has 0 aromatic rings. The number of carbonyl (C=O) groups is 2. The molecule has 20 heteroatoms. The number of halogens is 1. The summed E-state index contributed by atoms with van der Waals surface area (Å²) in [6, 6.07) is 0.292. The molecule has 2 amide bonds. The molecule has 0 saturated heterocycles. The zero-order valence-electron chi connectivity index (χ0n) is 27.4. The van der Waals surface area contributed by atoms with Gasteiger partial charge in [0, 0.05) is 21.3 Å². The second kappa shape index (κ2) is 17.1. The summed E-state index contributed by atoms with van der Waals surface area (Å²) in [6.45, 7) is 10.4. The van der Waals surface area contributed by atoms with E-state index in [1.54, 1.807) is 48.7 Å². The van der Waals surface area contributed by atoms with Crippen molar-refractivity contribution in [2.45, 2.75) is 106 Å². The molecule has 0 heterocycles. The Morgan fingerprint density at radius 1 is 0.733 bits per heavy atom. The SMILES string of the molecule is CC(C)(C)OC(=O)NS(=O)(=O)C1CC1.COCC1(S(=O)(=O)NC(=O)OC(C)(C)C)CC1.COCC1(S(N)(=O)=O)CC1.COCCl. The number of ether oxygens (including phenoxy) is 5. The highest BCUT2D eigenvalue weighted by Gasteiger charge is 2.56. The van der Waals surface area contributed by atoms with Crippen LogP contribution in [0.2, 0.25) is 0 Å². The summed E-state index contributed by atoms with van der Waals surface area (Å²) in [6.07, 6.45) is 1.68. The molecule has 0 aliphatic heterocycles. The lowest BCUT2D eigenvalue weighted by molar-refractivity contribution is 0.0556. The van der Waals surface area contributed by atoms with E-state index in [0.29, 0.717) is 44.6 Å². The van der Waals surface area contributed by atoms with Gasteiger partial charge in [0.15, 0.2) is 0 Å². The molecule has 0 aromatic carbocycles. The van der Waals surface area contributed by atoms with Crippen LogP contribution in [0.3, 0.4) is 0 Å². The molecule has 0 spiro atoms. The van der Waals surface area contributed by atoms with Crippen LogP contribution in [0.1, 0.15) is 80.1 Å². The van der Waals surface area contributed by atoms with Crippen molar-refractivity contribution in [1.29, 1.82) is 0 Å². The van der Waals surface area contributed by atoms with Crippen molar-refractivity contribution in [3.8, 4) is 0 Å². The first-order valence-corrected chi connectivity index (χ1v) is 18.9. The van der Waals surface area contributed by atoms with Crippen molar-refractivity contribution in [2.24, 2.45) is 5.14 Å². The first-order valence-electron chi connectivity index (χ1n) is 13.8. The van der Waals surface area contributed by atoms with E-state index in [9.17, 15) is 34.8 Å². The number of nitrogens with two attached hydrogens (primary N) is 1. The Balaban J connectivity index is 0.000000624. The van der Waals surface area contributed by atoms with Crippen LogP contribution >= 0.6 is 11.6 Å². The molecule has 3 aliphatic rings. The van der Waals surface area contributed by atoms with Crippen molar-refractivity contribution >= 4 is 53.9 Å². The quantitative estimate of drug-likeness (QED) is 0.274. The summed E-state index contributed by atoms with van der Waals surface area (Å²) < 4.78 is 93.7. The molecule has 3 fully saturated rings. The van der Waals surface area contributed by atoms with Crippen LogP contribution in [0.4, 0.5) is 9.59 Å². The zero-order valence-corrected chi connectivity index (χ0v) is 30.6. The molecule has 45 heavy (non-hydrogen) atoms. The lowest BCUT2D eigenvalue weighted by Crippen LogP contribution is -2.44. The minimum absolute atomic E-state index is 0.0884. The topological polar surface area (TPSA) is 233 Å². The van der Waals surface area contributed by atoms with Gasteiger partial charge in [0.05, 0.1) is 18.5 Å². The average molecular weight is 732 g/mol. The Morgan fingerprint density at radius 3 is 1.33 bits per heavy atom. The summed E-state index contributed by atoms with van der Waals surface area (Å²) in [5.41, 5.74) is -1.40. The van der Waals surface area contributed by atoms with E-state index in [1.165, 1.54) is 14.2 Å². The van der Waals surface area contributed by atoms with Crippen molar-refractivity contribution in [3.63, 3.8) is 0 Å². The lowest BCUT2D eigenvalue weighted by atomic mass is 10.2. The largest absolute Gasteiger partial charge is 0.443 e. The van der Waals surface area contributed by atoms with Crippen LogP contribution in [0.5, 0.6) is 0 Å². The fourth-order valence-electron chi connectivity index (χ4n) is 3.20. The minimum Gasteiger partial charge on any atom is -0.443 e. The fourth-order valence-corrected chi connectivity index (χ4v) is 6.74. The van der Waals surface area contributed by atoms with E-state index >= 15 is 0 Å². The van der Waals surface area contributed by atoms with Gasteiger partial charge in [0.2, 0.25) is 30.1 Å². The maximum atomic E-state index is 11.9. The fraction of sp³-hybridized carbons (Fsp3) is 0.920. The summed E-state index contributed by atoms with van der Waals surface area (Å²) in [5, 5.41) is 4.55. The smallest absolute Gasteiger partial charge is 0.421 e. The summed E-state index contributed by atoms with van der Waals surface area (Å²) in [7, 11) is -6.13. The number of hydrogen-bond donors (Lipinski definition) is 3. The zero-order chi connectivity index (χ0) is 35.5. The Morgan fingerprint density at radius 2 is 1.09 bits per heavy atom. The van der Waals surface area contributed by atoms with Crippen LogP contribution in [0, 0.1) is 0 Å². The van der Waals surface area contributed by atoms with Crippen molar-refractivity contribution < 1.29 is 58.5 Å². The van der Waals surface area contributed by atoms with Gasteiger partial charge in [-0.15, -0.1) is 0 Å². The molecular formula is C25H50ClN3O13S3. The van der Waals surface area contributed by atoms with Gasteiger partial charge in [0.1, 0.15) is 26.8 Å². The number of methoxy groups -OCH3 is 3. The Labute approximate surface area is 272 Å². The molecule has 16 nitrogen and oxygen atoms in total. The number of carbonyl (C=O) groups excluding carboxylic acids is 2. The molecule has 0 bridgehead atoms. The number of alkyl halides is 1. The highest BCUT2D eigenvalue weighted by molar-refractivity contribution is 7.92. The second-order valence-electron chi connectivity index (χ2n) is 12.6. The van der Waals surface area contributed by atoms with E-state index in [1.807, 2.05) is 9.44 Å². The first kappa shape index (κ1) is 43.5. The predicted molar refractivity (Wildman–Crippen MR) is 168 cm³/mol. The molecule has 0 unspecified atom stereocenters. The van der Waals surface area contributed by atoms with E-state index in [-0.39, 0.29) is 13.2 Å². The number of nitrogens with one attached hydrogen (secondary N) is 2. The molecule has 4 N–H and O–H groups in total. The summed E-state index contributed by atoms with van der Waals surface area (Å²) in [4.78, 5) is 22.5. The number of sulfonamides is 3. The molecule has 3 saturated carbocycles. The third kappa shape index (κ3) is 16.8. The van der Waals surface area contributed by atoms with Gasteiger partial charge >= 0.3 is 12.2 Å². The van der Waals surface area contributed by atoms with Gasteiger partial charge < -0.3 is 23.7 Å². The molecular weight excluding hydrogens is 682 g/mol. The Hall–Kier alpha value is -1.48. The van der Waals surface area contributed by atoms with Gasteiger partial charge in [-0.1, -0.05) is 11.6 Å². The van der Waals surface area contributed by atoms with E-state index in [4.69, 9.17) is 35.7 Å². The monoisotopic (exact) mass is 731 g/mol. The van der Waals surface area contributed by atoms with Gasteiger partial charge in [-0.2, -0.15) is 0 Å². The van der Waals surface area contributed by atoms with Crippen molar-refractivity contribution in [3.05, 3.63) is 0 Å². The van der Waals surface area contributed by atoms with Gasteiger partial charge in [-0.25, -0.2) is 49.4 Å². The van der Waals surface area contributed by atoms with E-state index in [2.05, 4.69) is 4.74 Å². The second-order valence-corrected chi connectivity index (χ2v) is 18.8. The maximum Gasteiger partial charge on any atom is 0.421 e. The third-order valence-electron chi connectivity index (χ3n) is 5.92. The average Bonchev–Trinajstić information content (AvgIpc) is 3.69. The van der Waals surface area contributed by atoms with Crippen LogP contribution in [-0.2, 0) is 53.8 Å². The highest BCUT2D eigenvalue weighted by Crippen LogP contribution is 2.43. The van der Waals surface area contributed by atoms with Crippen molar-refractivity contribution in [1.82, 2.24) is 9.44 Å². The van der Waals surface area contributed by atoms with E-state index < -0.39 is 68.2 Å². The predicted octanol–water partition coefficient (Wildman–Crippen LogP) is 2.31. The van der Waals surface area contributed by atoms with Crippen LogP contribution in [0.25, 0.3) is 0 Å². The maximum absolute atomic E-state index is 11.9. The molecule has 0 aromatic heterocycles. The molecule has 3 aliphatic carbocycles. The first-order chi connectivity index (χ1) is 20.3. The van der Waals surface area contributed by atoms with Crippen LogP contribution in [-0.4, -0.2) is 104 Å². The molecule has 0 radical (unpaired) electrons. The Bertz CT molecular complexity index is 1280. The van der Waals surface area contributed by atoms with Crippen LogP contribution < -0.4 is 14.6 Å². The normalized spacial score (nSPS) is 18.2. The Kier molecular flexibility index (Phi) is 16.5.